The second kappa shape index (κ2) is 2.10. The average Bonchev–Trinajstić information content (AvgIpc) is 1.83. The molecule has 2 aliphatic rings. The predicted molar refractivity (Wildman–Crippen MR) is 43.0 cm³/mol. The van der Waals surface area contributed by atoms with Crippen LogP contribution in [0.5, 0.6) is 0 Å². The van der Waals surface area contributed by atoms with Crippen molar-refractivity contribution in [2.45, 2.75) is 19.9 Å². The van der Waals surface area contributed by atoms with Crippen LogP contribution in [0.1, 0.15) is 13.8 Å². The maximum atomic E-state index is 11.2. The van der Waals surface area contributed by atoms with Crippen molar-refractivity contribution in [2.24, 2.45) is 11.8 Å². The van der Waals surface area contributed by atoms with Crippen LogP contribution in [0, 0.1) is 11.8 Å². The Hall–Kier alpha value is -0.790. The van der Waals surface area contributed by atoms with E-state index in [1.807, 2.05) is 11.0 Å². The Morgan fingerprint density at radius 3 is 2.64 bits per heavy atom. The van der Waals surface area contributed by atoms with Crippen molar-refractivity contribution in [1.82, 2.24) is 4.90 Å². The van der Waals surface area contributed by atoms with Gasteiger partial charge in [-0.15, -0.1) is 0 Å². The molecule has 1 saturated heterocycles. The Morgan fingerprint density at radius 2 is 2.27 bits per heavy atom. The molecule has 0 spiro atoms. The first-order chi connectivity index (χ1) is 5.20. The van der Waals surface area contributed by atoms with Crippen LogP contribution in [-0.4, -0.2) is 23.4 Å². The number of hydrogen-bond acceptors (Lipinski definition) is 1. The van der Waals surface area contributed by atoms with Crippen LogP contribution in [0.3, 0.4) is 0 Å². The molecule has 1 aliphatic heterocycles. The number of hydrogen-bond donors (Lipinski definition) is 0. The lowest BCUT2D eigenvalue weighted by Gasteiger charge is -2.50. The van der Waals surface area contributed by atoms with Crippen molar-refractivity contribution >= 4 is 5.91 Å². The fourth-order valence-electron chi connectivity index (χ4n) is 1.71. The van der Waals surface area contributed by atoms with Crippen LogP contribution in [-0.2, 0) is 4.79 Å². The standard InChI is InChI=1S/C9H13NO/c1-6(2)5-10-8-4-3-7(8)9(10)11/h3-4,6-8H,5H2,1-2H3/t7-,8+/m1/s1. The topological polar surface area (TPSA) is 20.3 Å². The lowest BCUT2D eigenvalue weighted by atomic mass is 9.78. The molecule has 60 valence electrons. The number of nitrogens with zero attached hydrogens (tertiary/aromatic N) is 1. The van der Waals surface area contributed by atoms with Crippen LogP contribution in [0.15, 0.2) is 12.2 Å². The average molecular weight is 151 g/mol. The van der Waals surface area contributed by atoms with E-state index in [2.05, 4.69) is 19.9 Å². The normalized spacial score (nSPS) is 33.4. The van der Waals surface area contributed by atoms with Gasteiger partial charge in [0.05, 0.1) is 12.0 Å². The van der Waals surface area contributed by atoms with E-state index in [0.717, 1.165) is 6.54 Å². The van der Waals surface area contributed by atoms with Gasteiger partial charge in [0, 0.05) is 6.54 Å². The van der Waals surface area contributed by atoms with E-state index >= 15 is 0 Å². The van der Waals surface area contributed by atoms with Crippen LogP contribution in [0.4, 0.5) is 0 Å². The molecule has 2 rings (SSSR count). The predicted octanol–water partition coefficient (Wildman–Crippen LogP) is 1.04. The number of likely N-dealkylation sites (tertiary alicyclic amines) is 1. The molecule has 1 heterocycles. The molecule has 0 saturated carbocycles. The third-order valence-electron chi connectivity index (χ3n) is 2.37. The first kappa shape index (κ1) is 6.89. The highest BCUT2D eigenvalue weighted by atomic mass is 16.2. The zero-order chi connectivity index (χ0) is 8.01. The molecule has 1 fully saturated rings. The van der Waals surface area contributed by atoms with Gasteiger partial charge in [-0.1, -0.05) is 26.0 Å². The van der Waals surface area contributed by atoms with Gasteiger partial charge in [0.25, 0.3) is 0 Å². The summed E-state index contributed by atoms with van der Waals surface area (Å²) < 4.78 is 0. The Balaban J connectivity index is 1.97. The molecule has 0 aromatic carbocycles. The van der Waals surface area contributed by atoms with Crippen molar-refractivity contribution in [3.05, 3.63) is 12.2 Å². The molecular formula is C9H13NO. The Labute approximate surface area is 66.9 Å². The van der Waals surface area contributed by atoms with E-state index in [1.165, 1.54) is 0 Å². The fourth-order valence-corrected chi connectivity index (χ4v) is 1.71. The molecule has 2 atom stereocenters. The Morgan fingerprint density at radius 1 is 1.55 bits per heavy atom. The minimum atomic E-state index is 0.258. The van der Waals surface area contributed by atoms with Gasteiger partial charge in [-0.05, 0) is 5.92 Å². The van der Waals surface area contributed by atoms with E-state index < -0.39 is 0 Å². The van der Waals surface area contributed by atoms with Crippen molar-refractivity contribution in [3.8, 4) is 0 Å². The van der Waals surface area contributed by atoms with Gasteiger partial charge in [-0.25, -0.2) is 0 Å². The highest BCUT2D eigenvalue weighted by molar-refractivity contribution is 5.90. The van der Waals surface area contributed by atoms with Gasteiger partial charge in [0.15, 0.2) is 0 Å². The lowest BCUT2D eigenvalue weighted by molar-refractivity contribution is -0.152. The number of fused-ring (bicyclic) bond motifs is 1. The highest BCUT2D eigenvalue weighted by Crippen LogP contribution is 2.36. The molecule has 0 aromatic heterocycles. The molecule has 0 unspecified atom stereocenters. The number of rotatable bonds is 2. The number of amides is 1. The molecule has 0 N–H and O–H groups in total. The third kappa shape index (κ3) is 0.817. The first-order valence-electron chi connectivity index (χ1n) is 4.19. The van der Waals surface area contributed by atoms with Crippen molar-refractivity contribution in [2.75, 3.05) is 6.54 Å². The minimum absolute atomic E-state index is 0.258. The smallest absolute Gasteiger partial charge is 0.232 e. The Bertz CT molecular complexity index is 220. The van der Waals surface area contributed by atoms with Crippen molar-refractivity contribution in [1.29, 1.82) is 0 Å². The maximum Gasteiger partial charge on any atom is 0.232 e. The molecule has 0 aromatic rings. The quantitative estimate of drug-likeness (QED) is 0.426. The van der Waals surface area contributed by atoms with E-state index in [0.29, 0.717) is 17.9 Å². The molecule has 2 nitrogen and oxygen atoms in total. The lowest BCUT2D eigenvalue weighted by Crippen LogP contribution is -2.63. The molecular weight excluding hydrogens is 138 g/mol. The summed E-state index contributed by atoms with van der Waals surface area (Å²) >= 11 is 0. The molecule has 2 heteroatoms. The van der Waals surface area contributed by atoms with E-state index in [1.54, 1.807) is 0 Å². The molecule has 1 aliphatic carbocycles. The van der Waals surface area contributed by atoms with E-state index in [9.17, 15) is 4.79 Å². The van der Waals surface area contributed by atoms with Gasteiger partial charge in [-0.3, -0.25) is 4.79 Å². The van der Waals surface area contributed by atoms with Crippen molar-refractivity contribution < 1.29 is 4.79 Å². The number of carbonyl (C=O) groups excluding carboxylic acids is 1. The summed E-state index contributed by atoms with van der Waals surface area (Å²) in [6.07, 6.45) is 4.12. The third-order valence-corrected chi connectivity index (χ3v) is 2.37. The van der Waals surface area contributed by atoms with E-state index in [-0.39, 0.29) is 5.92 Å². The summed E-state index contributed by atoms with van der Waals surface area (Å²) in [6.45, 7) is 5.20. The van der Waals surface area contributed by atoms with Crippen LogP contribution >= 0.6 is 0 Å². The molecule has 0 radical (unpaired) electrons. The van der Waals surface area contributed by atoms with Crippen LogP contribution in [0.2, 0.25) is 0 Å². The largest absolute Gasteiger partial charge is 0.334 e. The summed E-state index contributed by atoms with van der Waals surface area (Å²) in [4.78, 5) is 13.2. The second-order valence-electron chi connectivity index (χ2n) is 3.79. The molecule has 1 amide bonds. The SMILES string of the molecule is CC(C)CN1C(=O)[C@@H]2C=C[C@@H]21. The first-order valence-corrected chi connectivity index (χ1v) is 4.19. The monoisotopic (exact) mass is 151 g/mol. The maximum absolute atomic E-state index is 11.2. The van der Waals surface area contributed by atoms with Gasteiger partial charge >= 0.3 is 0 Å². The number of carbonyl (C=O) groups is 1. The highest BCUT2D eigenvalue weighted by Gasteiger charge is 2.48. The number of β-lactam (4-membered cyclic amide) rings is 1. The van der Waals surface area contributed by atoms with Gasteiger partial charge in [-0.2, -0.15) is 0 Å². The fraction of sp³-hybridized carbons (Fsp3) is 0.667. The minimum Gasteiger partial charge on any atom is -0.334 e. The summed E-state index contributed by atoms with van der Waals surface area (Å²) in [6, 6.07) is 0.463. The van der Waals surface area contributed by atoms with Crippen molar-refractivity contribution in [3.63, 3.8) is 0 Å². The van der Waals surface area contributed by atoms with Gasteiger partial charge in [0.2, 0.25) is 5.91 Å². The molecule has 0 bridgehead atoms. The summed E-state index contributed by atoms with van der Waals surface area (Å²) in [7, 11) is 0. The van der Waals surface area contributed by atoms with Crippen LogP contribution in [0.25, 0.3) is 0 Å². The van der Waals surface area contributed by atoms with Gasteiger partial charge in [0.1, 0.15) is 0 Å². The summed E-state index contributed by atoms with van der Waals surface area (Å²) in [5.74, 6) is 1.17. The summed E-state index contributed by atoms with van der Waals surface area (Å²) in [5.41, 5.74) is 0. The van der Waals surface area contributed by atoms with Crippen LogP contribution < -0.4 is 0 Å². The van der Waals surface area contributed by atoms with E-state index in [4.69, 9.17) is 0 Å². The molecule has 11 heavy (non-hydrogen) atoms. The van der Waals surface area contributed by atoms with Gasteiger partial charge < -0.3 is 4.90 Å². The summed E-state index contributed by atoms with van der Waals surface area (Å²) in [5, 5.41) is 0. The zero-order valence-electron chi connectivity index (χ0n) is 6.95. The Kier molecular flexibility index (Phi) is 1.31. The second-order valence-corrected chi connectivity index (χ2v) is 3.79. The zero-order valence-corrected chi connectivity index (χ0v) is 6.95.